The molecule has 0 aliphatic carbocycles. The number of pyridine rings is 1. The summed E-state index contributed by atoms with van der Waals surface area (Å²) >= 11 is 0. The van der Waals surface area contributed by atoms with Gasteiger partial charge in [0.1, 0.15) is 12.0 Å². The Kier molecular flexibility index (Phi) is 6.45. The van der Waals surface area contributed by atoms with Crippen LogP contribution in [0.5, 0.6) is 0 Å². The van der Waals surface area contributed by atoms with E-state index in [2.05, 4.69) is 136 Å². The Balaban J connectivity index is 1.20. The van der Waals surface area contributed by atoms with Gasteiger partial charge in [-0.1, -0.05) is 115 Å². The highest BCUT2D eigenvalue weighted by Gasteiger charge is 2.23. The Labute approximate surface area is 288 Å². The highest BCUT2D eigenvalue weighted by molar-refractivity contribution is 6.19. The molecule has 1 aliphatic rings. The maximum Gasteiger partial charge on any atom is 0.161 e. The van der Waals surface area contributed by atoms with E-state index in [4.69, 9.17) is 15.0 Å². The molecule has 4 heterocycles. The zero-order chi connectivity index (χ0) is 33.0. The molecule has 3 aromatic heterocycles. The Morgan fingerprint density at radius 1 is 0.460 bits per heavy atom. The van der Waals surface area contributed by atoms with Crippen molar-refractivity contribution in [3.63, 3.8) is 0 Å². The molecular formula is C44H30N6. The molecule has 0 amide bonds. The molecule has 1 unspecified atom stereocenters. The highest BCUT2D eigenvalue weighted by atomic mass is 15.2. The van der Waals surface area contributed by atoms with Crippen LogP contribution >= 0.6 is 0 Å². The largest absolute Gasteiger partial charge is 0.344 e. The van der Waals surface area contributed by atoms with Gasteiger partial charge in [0.05, 0.1) is 34.0 Å². The summed E-state index contributed by atoms with van der Waals surface area (Å²) in [7, 11) is 0. The lowest BCUT2D eigenvalue weighted by atomic mass is 10.1. The number of rotatable bonds is 5. The number of nitrogens with zero attached hydrogens (tertiary/aromatic N) is 5. The molecule has 6 aromatic carbocycles. The summed E-state index contributed by atoms with van der Waals surface area (Å²) in [4.78, 5) is 15.0. The van der Waals surface area contributed by atoms with Crippen molar-refractivity contribution in [1.29, 1.82) is 0 Å². The maximum atomic E-state index is 5.12. The van der Waals surface area contributed by atoms with Gasteiger partial charge >= 0.3 is 0 Å². The van der Waals surface area contributed by atoms with Crippen LogP contribution in [0, 0.1) is 0 Å². The molecule has 0 fully saturated rings. The van der Waals surface area contributed by atoms with Crippen LogP contribution in [0.15, 0.2) is 180 Å². The van der Waals surface area contributed by atoms with Crippen molar-refractivity contribution in [3.05, 3.63) is 187 Å². The fraction of sp³-hybridized carbons (Fsp3) is 0.0227. The number of hydrogen-bond donors (Lipinski definition) is 1. The molecule has 0 spiro atoms. The van der Waals surface area contributed by atoms with Crippen LogP contribution in [-0.2, 0) is 0 Å². The molecule has 236 valence electrons. The van der Waals surface area contributed by atoms with E-state index in [0.29, 0.717) is 5.84 Å². The Morgan fingerprint density at radius 3 is 1.72 bits per heavy atom. The third-order valence-corrected chi connectivity index (χ3v) is 9.63. The molecule has 0 bridgehead atoms. The van der Waals surface area contributed by atoms with Gasteiger partial charge in [-0.05, 0) is 48.0 Å². The van der Waals surface area contributed by atoms with E-state index in [0.717, 1.165) is 50.5 Å². The van der Waals surface area contributed by atoms with E-state index in [-0.39, 0.29) is 6.17 Å². The second kappa shape index (κ2) is 11.4. The quantitative estimate of drug-likeness (QED) is 0.203. The minimum absolute atomic E-state index is 0.288. The molecule has 6 nitrogen and oxygen atoms in total. The number of amidine groups is 2. The van der Waals surface area contributed by atoms with Crippen molar-refractivity contribution < 1.29 is 0 Å². The average molecular weight is 643 g/mol. The summed E-state index contributed by atoms with van der Waals surface area (Å²) in [6, 6.07) is 55.3. The molecule has 9 aromatic rings. The van der Waals surface area contributed by atoms with Crippen molar-refractivity contribution in [3.8, 4) is 11.4 Å². The van der Waals surface area contributed by atoms with Crippen molar-refractivity contribution in [2.24, 2.45) is 9.98 Å². The van der Waals surface area contributed by atoms with Crippen molar-refractivity contribution in [1.82, 2.24) is 19.4 Å². The predicted molar refractivity (Wildman–Crippen MR) is 205 cm³/mol. The molecule has 1 atom stereocenters. The summed E-state index contributed by atoms with van der Waals surface area (Å²) < 4.78 is 4.69. The van der Waals surface area contributed by atoms with Gasteiger partial charge in [0, 0.05) is 44.6 Å². The van der Waals surface area contributed by atoms with E-state index in [9.17, 15) is 0 Å². The average Bonchev–Trinajstić information content (AvgIpc) is 3.70. The first kappa shape index (κ1) is 28.2. The van der Waals surface area contributed by atoms with Crippen molar-refractivity contribution >= 4 is 55.3 Å². The minimum atomic E-state index is -0.288. The molecule has 1 aliphatic heterocycles. The third kappa shape index (κ3) is 4.54. The van der Waals surface area contributed by atoms with Crippen LogP contribution in [0.25, 0.3) is 55.0 Å². The van der Waals surface area contributed by atoms with Crippen LogP contribution in [0.4, 0.5) is 0 Å². The van der Waals surface area contributed by atoms with Crippen LogP contribution in [0.3, 0.4) is 0 Å². The van der Waals surface area contributed by atoms with Gasteiger partial charge in [-0.2, -0.15) is 0 Å². The van der Waals surface area contributed by atoms with Gasteiger partial charge in [-0.15, -0.1) is 0 Å². The standard InChI is InChI=1S/C44H30N6/c1-4-14-29(15-5-1)42-46-43(30-16-6-2-7-17-30)48-44(47-42)31-24-33(28-45-27-31)50-39-23-13-11-21-35(39)37-25-36-34-20-10-12-22-38(34)49(40(36)26-41(37)50)32-18-8-3-9-19-32/h1-28,42H,(H,46,47,48). The lowest BCUT2D eigenvalue weighted by Crippen LogP contribution is -2.33. The van der Waals surface area contributed by atoms with Crippen molar-refractivity contribution in [2.75, 3.05) is 0 Å². The van der Waals surface area contributed by atoms with E-state index in [1.807, 2.05) is 48.8 Å². The Morgan fingerprint density at radius 2 is 1.04 bits per heavy atom. The van der Waals surface area contributed by atoms with E-state index < -0.39 is 0 Å². The number of benzene rings is 6. The van der Waals surface area contributed by atoms with Crippen LogP contribution in [0.1, 0.15) is 22.9 Å². The molecule has 50 heavy (non-hydrogen) atoms. The van der Waals surface area contributed by atoms with Gasteiger partial charge in [0.25, 0.3) is 0 Å². The summed E-state index contributed by atoms with van der Waals surface area (Å²) in [6.07, 6.45) is 3.51. The summed E-state index contributed by atoms with van der Waals surface area (Å²) in [5.74, 6) is 1.42. The summed E-state index contributed by atoms with van der Waals surface area (Å²) in [5, 5.41) is 8.41. The molecule has 0 saturated carbocycles. The molecular weight excluding hydrogens is 613 g/mol. The molecule has 0 saturated heterocycles. The second-order valence-electron chi connectivity index (χ2n) is 12.6. The van der Waals surface area contributed by atoms with E-state index in [1.54, 1.807) is 0 Å². The Bertz CT molecular complexity index is 2780. The van der Waals surface area contributed by atoms with Gasteiger partial charge in [-0.25, -0.2) is 9.98 Å². The summed E-state index contributed by atoms with van der Waals surface area (Å²) in [5.41, 5.74) is 9.57. The zero-order valence-electron chi connectivity index (χ0n) is 27.0. The maximum absolute atomic E-state index is 5.12. The zero-order valence-corrected chi connectivity index (χ0v) is 27.0. The fourth-order valence-electron chi connectivity index (χ4n) is 7.36. The predicted octanol–water partition coefficient (Wildman–Crippen LogP) is 9.77. The number of aliphatic imine (C=N–C) groups is 2. The van der Waals surface area contributed by atoms with Crippen LogP contribution in [-0.4, -0.2) is 25.8 Å². The first-order chi connectivity index (χ1) is 24.8. The lowest BCUT2D eigenvalue weighted by Gasteiger charge is -2.23. The molecule has 6 heteroatoms. The smallest absolute Gasteiger partial charge is 0.161 e. The number of hydrogen-bond acceptors (Lipinski definition) is 4. The first-order valence-corrected chi connectivity index (χ1v) is 16.8. The van der Waals surface area contributed by atoms with Gasteiger partial charge < -0.3 is 14.5 Å². The number of fused-ring (bicyclic) bond motifs is 6. The van der Waals surface area contributed by atoms with Gasteiger partial charge in [-0.3, -0.25) is 4.98 Å². The van der Waals surface area contributed by atoms with Crippen LogP contribution < -0.4 is 5.32 Å². The monoisotopic (exact) mass is 642 g/mol. The molecule has 10 rings (SSSR count). The van der Waals surface area contributed by atoms with E-state index >= 15 is 0 Å². The first-order valence-electron chi connectivity index (χ1n) is 16.8. The second-order valence-corrected chi connectivity index (χ2v) is 12.6. The van der Waals surface area contributed by atoms with Gasteiger partial charge in [0.15, 0.2) is 5.84 Å². The number of nitrogens with one attached hydrogen (secondary N) is 1. The highest BCUT2D eigenvalue weighted by Crippen LogP contribution is 2.39. The van der Waals surface area contributed by atoms with E-state index in [1.165, 1.54) is 27.1 Å². The lowest BCUT2D eigenvalue weighted by molar-refractivity contribution is 0.674. The molecule has 1 N–H and O–H groups in total. The number of para-hydroxylation sites is 3. The third-order valence-electron chi connectivity index (χ3n) is 9.63. The minimum Gasteiger partial charge on any atom is -0.344 e. The Hall–Kier alpha value is -6.79. The van der Waals surface area contributed by atoms with Crippen LogP contribution in [0.2, 0.25) is 0 Å². The number of aromatic nitrogens is 3. The summed E-state index contributed by atoms with van der Waals surface area (Å²) in [6.45, 7) is 0. The van der Waals surface area contributed by atoms with Crippen molar-refractivity contribution in [2.45, 2.75) is 6.17 Å². The fourth-order valence-corrected chi connectivity index (χ4v) is 7.36. The SMILES string of the molecule is c1ccc(C2=NC(c3cncc(-n4c5ccccc5c5cc6c7ccccc7n(-c7ccccc7)c6cc54)c3)=NC(c3ccccc3)N2)cc1. The topological polar surface area (TPSA) is 59.5 Å². The van der Waals surface area contributed by atoms with Gasteiger partial charge in [0.2, 0.25) is 0 Å². The normalized spacial score (nSPS) is 14.6. The molecule has 0 radical (unpaired) electrons.